The van der Waals surface area contributed by atoms with E-state index in [1.54, 1.807) is 12.1 Å². The maximum absolute atomic E-state index is 11.4. The Morgan fingerprint density at radius 2 is 0.709 bits per heavy atom. The summed E-state index contributed by atoms with van der Waals surface area (Å²) in [5, 5.41) is 36.3. The molecule has 8 heterocycles. The molecule has 8 aromatic heterocycles. The minimum Gasteiger partial charge on any atom is -0.360 e. The number of imidazole rings is 4. The van der Waals surface area contributed by atoms with Gasteiger partial charge in [-0.15, -0.1) is 0 Å². The van der Waals surface area contributed by atoms with Crippen molar-refractivity contribution >= 4 is 246 Å². The smallest absolute Gasteiger partial charge is 0.270 e. The zero-order valence-corrected chi connectivity index (χ0v) is 74.6. The molecule has 0 aliphatic rings. The molecule has 0 unspecified atom stereocenters. The van der Waals surface area contributed by atoms with Crippen molar-refractivity contribution in [2.24, 2.45) is 0 Å². The molecule has 0 aliphatic heterocycles. The van der Waals surface area contributed by atoms with E-state index in [1.807, 2.05) is 140 Å². The Bertz CT molecular complexity index is 8600. The van der Waals surface area contributed by atoms with Crippen molar-refractivity contribution in [1.82, 2.24) is 59.8 Å². The molecule has 10 N–H and O–H groups in total. The Labute approximate surface area is 767 Å². The number of rotatable bonds is 10. The van der Waals surface area contributed by atoms with E-state index in [2.05, 4.69) is 315 Å². The molecule has 17 nitrogen and oxygen atoms in total. The molecule has 0 aliphatic carbocycles. The maximum Gasteiger partial charge on any atom is 0.270 e. The number of aromatic nitrogens is 12. The highest BCUT2D eigenvalue weighted by atomic mass is 127. The van der Waals surface area contributed by atoms with Crippen LogP contribution in [-0.4, -0.2) is 69.8 Å². The summed E-state index contributed by atoms with van der Waals surface area (Å²) in [6, 6.07) is 111. The van der Waals surface area contributed by atoms with Gasteiger partial charge in [0, 0.05) is 163 Å². The van der Waals surface area contributed by atoms with Gasteiger partial charge in [-0.2, -0.15) is 0 Å². The number of nitro benzene ring substituents is 1. The molecule has 127 heavy (non-hydrogen) atoms. The largest absolute Gasteiger partial charge is 0.360 e. The van der Waals surface area contributed by atoms with Gasteiger partial charge in [-0.1, -0.05) is 260 Å². The summed E-state index contributed by atoms with van der Waals surface area (Å²) in [6.45, 7) is 0. The number of para-hydroxylation sites is 2. The Balaban J connectivity index is 0.000000100. The number of non-ortho nitro benzene ring substituents is 1. The van der Waals surface area contributed by atoms with Crippen LogP contribution in [0.2, 0.25) is 0 Å². The first kappa shape index (κ1) is 78.3. The van der Waals surface area contributed by atoms with Crippen molar-refractivity contribution in [2.75, 3.05) is 10.6 Å². The Morgan fingerprint density at radius 3 is 1.22 bits per heavy atom. The summed E-state index contributed by atoms with van der Waals surface area (Å²) in [5.74, 6) is 3.31. The molecule has 0 bridgehead atoms. The van der Waals surface area contributed by atoms with E-state index in [0.29, 0.717) is 5.11 Å². The molecule has 0 fully saturated rings. The summed E-state index contributed by atoms with van der Waals surface area (Å²) >= 11 is 18.6. The molecule has 22 heteroatoms. The lowest BCUT2D eigenvalue weighted by molar-refractivity contribution is -0.384. The highest BCUT2D eigenvalue weighted by molar-refractivity contribution is 14.1. The molecule has 0 radical (unpaired) electrons. The van der Waals surface area contributed by atoms with Gasteiger partial charge in [0.15, 0.2) is 5.11 Å². The van der Waals surface area contributed by atoms with Gasteiger partial charge in [-0.05, 0) is 176 Å². The van der Waals surface area contributed by atoms with Crippen LogP contribution in [0.5, 0.6) is 0 Å². The van der Waals surface area contributed by atoms with Crippen molar-refractivity contribution in [3.8, 4) is 79.3 Å². The molecule has 0 saturated heterocycles. The number of hydrogen-bond acceptors (Lipinski definition) is 7. The molecule has 25 rings (SSSR count). The van der Waals surface area contributed by atoms with Crippen LogP contribution >= 0.6 is 82.6 Å². The van der Waals surface area contributed by atoms with E-state index in [4.69, 9.17) is 32.2 Å². The fourth-order valence-electron chi connectivity index (χ4n) is 17.5. The van der Waals surface area contributed by atoms with Crippen LogP contribution in [0.3, 0.4) is 0 Å². The van der Waals surface area contributed by atoms with Crippen molar-refractivity contribution in [3.05, 3.63) is 373 Å². The number of hydrogen-bond donors (Lipinski definition) is 10. The number of nitrogens with one attached hydrogen (secondary N) is 10. The van der Waals surface area contributed by atoms with Gasteiger partial charge in [0.05, 0.1) is 60.7 Å². The van der Waals surface area contributed by atoms with Gasteiger partial charge in [-0.25, -0.2) is 19.9 Å². The maximum atomic E-state index is 11.4. The second-order valence-electron chi connectivity index (χ2n) is 30.9. The highest BCUT2D eigenvalue weighted by Crippen LogP contribution is 2.45. The molecule has 0 amide bonds. The van der Waals surface area contributed by atoms with Crippen LogP contribution in [0.25, 0.3) is 221 Å². The molecule has 25 aromatic rings. The standard InChI is InChI=1S/C30H22BrN5S.C29H19N3.C23H13BrIN3.C23H13BrN4O2/c31-21-13-16-26-24(17-21)25(18-32-26)29-35-27(19-7-3-1-4-8-19)28(36-29)20-11-14-23(15-12-20)34-30(37)33-22-9-5-2-6-10-22;1-2-10-18(11-3-1)26-25(23-16-8-9-17-24(23)30-26)29-31-27-21-14-6-4-12-19(21)20-13-5-7-15-22(20)28(27)32-29;24-12-5-8-20-17(9-12)19(11-26-20)23-27-21-16-4-2-1-3-14(16)15-7-6-13(25)10-18(15)22(21)28-23;24-12-5-8-20-17(9-12)19(11-25-20)23-26-21-16-4-2-1-3-14(16)15-7-6-13(28(29)30)10-18(15)22(21)27-23/h1-18,32H,(H,35,36)(H2,33,34,37);1-17,30H,(H,31,32);1-11,26H,(H,27,28);1-11,25H,(H,26,27). The van der Waals surface area contributed by atoms with Crippen LogP contribution in [0.4, 0.5) is 17.1 Å². The van der Waals surface area contributed by atoms with Crippen LogP contribution in [-0.2, 0) is 0 Å². The molecule has 0 spiro atoms. The van der Waals surface area contributed by atoms with Crippen LogP contribution in [0.15, 0.2) is 360 Å². The quantitative estimate of drug-likeness (QED) is 0.0205. The lowest BCUT2D eigenvalue weighted by Gasteiger charge is -2.11. The Hall–Kier alpha value is -14.7. The summed E-state index contributed by atoms with van der Waals surface area (Å²) < 4.78 is 4.28. The van der Waals surface area contributed by atoms with Gasteiger partial charge in [-0.3, -0.25) is 10.1 Å². The third-order valence-corrected chi connectivity index (χ3v) is 25.7. The number of halogens is 4. The summed E-state index contributed by atoms with van der Waals surface area (Å²) in [6.07, 6.45) is 5.97. The van der Waals surface area contributed by atoms with Gasteiger partial charge in [0.2, 0.25) is 0 Å². The van der Waals surface area contributed by atoms with Crippen molar-refractivity contribution in [2.45, 2.75) is 0 Å². The van der Waals surface area contributed by atoms with Gasteiger partial charge >= 0.3 is 0 Å². The first-order valence-electron chi connectivity index (χ1n) is 41.0. The zero-order chi connectivity index (χ0) is 85.5. The number of H-pyrrole nitrogens is 8. The van der Waals surface area contributed by atoms with E-state index in [9.17, 15) is 10.1 Å². The first-order valence-corrected chi connectivity index (χ1v) is 44.8. The minimum atomic E-state index is -0.370. The van der Waals surface area contributed by atoms with Crippen LogP contribution in [0.1, 0.15) is 0 Å². The lowest BCUT2D eigenvalue weighted by atomic mass is 9.99. The van der Waals surface area contributed by atoms with E-state index >= 15 is 0 Å². The van der Waals surface area contributed by atoms with E-state index in [0.717, 1.165) is 197 Å². The monoisotopic (exact) mass is 1970 g/mol. The second kappa shape index (κ2) is 32.8. The zero-order valence-electron chi connectivity index (χ0n) is 66.9. The molecular weight excluding hydrogens is 1900 g/mol. The predicted molar refractivity (Wildman–Crippen MR) is 546 cm³/mol. The average molecular weight is 1970 g/mol. The predicted octanol–water partition coefficient (Wildman–Crippen LogP) is 30.2. The number of nitro groups is 1. The molecule has 0 saturated carbocycles. The van der Waals surface area contributed by atoms with Crippen LogP contribution < -0.4 is 10.6 Å². The Kier molecular flexibility index (Phi) is 20.2. The number of aromatic amines is 8. The number of fused-ring (bicyclic) bond motifs is 22. The third kappa shape index (κ3) is 14.6. The molecule has 608 valence electrons. The minimum absolute atomic E-state index is 0.0552. The van der Waals surface area contributed by atoms with Gasteiger partial charge in [0.1, 0.15) is 23.3 Å². The van der Waals surface area contributed by atoms with E-state index < -0.39 is 0 Å². The van der Waals surface area contributed by atoms with Crippen LogP contribution in [0, 0.1) is 13.7 Å². The number of benzene rings is 17. The number of anilines is 2. The second-order valence-corrected chi connectivity index (χ2v) is 35.3. The summed E-state index contributed by atoms with van der Waals surface area (Å²) in [7, 11) is 0. The van der Waals surface area contributed by atoms with Crippen molar-refractivity contribution < 1.29 is 4.92 Å². The van der Waals surface area contributed by atoms with Gasteiger partial charge < -0.3 is 50.5 Å². The van der Waals surface area contributed by atoms with Crippen molar-refractivity contribution in [1.29, 1.82) is 0 Å². The number of thiocarbonyl (C=S) groups is 1. The first-order chi connectivity index (χ1) is 62.3. The lowest BCUT2D eigenvalue weighted by Crippen LogP contribution is -2.18. The van der Waals surface area contributed by atoms with E-state index in [1.165, 1.54) is 52.0 Å². The highest BCUT2D eigenvalue weighted by Gasteiger charge is 2.25. The summed E-state index contributed by atoms with van der Waals surface area (Å²) in [5.41, 5.74) is 22.3. The number of nitrogens with zero attached hydrogens (tertiary/aromatic N) is 5. The molecule has 17 aromatic carbocycles. The SMILES string of the molecule is Brc1ccc2[nH]cc(-c3nc4c5cc(I)ccc5c5ccccc5c4[nH]3)c2c1.O=[N+]([O-])c1ccc2c3ccccc3c3[nH]c(-c4c[nH]c5ccc(Br)cc45)nc3c2c1.S=C(Nc1ccccc1)Nc1ccc(-c2[nH]c(-c3c[nH]c4ccc(Br)cc34)nc2-c2ccccc2)cc1.c1ccc(-c2[nH]c3ccccc3c2-c2nc3c4ccccc4c4ccccc4c3[nH]2)cc1. The Morgan fingerprint density at radius 1 is 0.323 bits per heavy atom. The summed E-state index contributed by atoms with van der Waals surface area (Å²) in [4.78, 5) is 59.3. The average Bonchev–Trinajstić information content (AvgIpc) is 1.61. The van der Waals surface area contributed by atoms with Crippen molar-refractivity contribution in [3.63, 3.8) is 0 Å². The molecule has 0 atom stereocenters. The van der Waals surface area contributed by atoms with Gasteiger partial charge in [0.25, 0.3) is 5.69 Å². The topological polar surface area (TPSA) is 245 Å². The fraction of sp³-hybridized carbons (Fsp3) is 0. The van der Waals surface area contributed by atoms with E-state index in [-0.39, 0.29) is 10.6 Å². The molecular formula is C105H67Br3IN15O2S. The normalized spacial score (nSPS) is 11.6. The third-order valence-electron chi connectivity index (χ3n) is 23.4. The fourth-order valence-corrected chi connectivity index (χ4v) is 19.4.